The van der Waals surface area contributed by atoms with Crippen LogP contribution in [0.2, 0.25) is 5.02 Å². The Kier molecular flexibility index (Phi) is 3.89. The van der Waals surface area contributed by atoms with Crippen molar-refractivity contribution in [2.75, 3.05) is 0 Å². The lowest BCUT2D eigenvalue weighted by Crippen LogP contribution is -2.20. The minimum Gasteiger partial charge on any atom is -0.264 e. The molecule has 1 aromatic rings. The smallest absolute Gasteiger partial charge is 0.216 e. The van der Waals surface area contributed by atoms with Crippen molar-refractivity contribution in [2.45, 2.75) is 25.8 Å². The van der Waals surface area contributed by atoms with E-state index in [2.05, 4.69) is 0 Å². The van der Waals surface area contributed by atoms with Gasteiger partial charge < -0.3 is 0 Å². The number of rotatable bonds is 4. The van der Waals surface area contributed by atoms with Gasteiger partial charge in [-0.05, 0) is 17.7 Å². The molecule has 0 saturated heterocycles. The Balaban J connectivity index is 2.67. The summed E-state index contributed by atoms with van der Waals surface area (Å²) in [6.07, 6.45) is 1.02. The quantitative estimate of drug-likeness (QED) is 0.570. The van der Waals surface area contributed by atoms with Crippen LogP contribution in [0.4, 0.5) is 0 Å². The largest absolute Gasteiger partial charge is 0.264 e. The molecule has 1 aromatic carbocycles. The average molecular weight is 214 g/mol. The molecule has 0 saturated carbocycles. The third kappa shape index (κ3) is 3.00. The average Bonchev–Trinajstić information content (AvgIpc) is 2.16. The van der Waals surface area contributed by atoms with Crippen LogP contribution < -0.4 is 0 Å². The van der Waals surface area contributed by atoms with Gasteiger partial charge in [-0.25, -0.2) is 0 Å². The zero-order chi connectivity index (χ0) is 10.6. The van der Waals surface area contributed by atoms with Crippen molar-refractivity contribution in [2.24, 2.45) is 0 Å². The highest BCUT2D eigenvalue weighted by atomic mass is 35.5. The molecular weight excluding hydrogens is 202 g/mol. The third-order valence-corrected chi connectivity index (χ3v) is 2.41. The maximum Gasteiger partial charge on any atom is 0.216 e. The Morgan fingerprint density at radius 3 is 2.43 bits per heavy atom. The zero-order valence-corrected chi connectivity index (χ0v) is 8.70. The van der Waals surface area contributed by atoms with Gasteiger partial charge in [0.25, 0.3) is 0 Å². The lowest BCUT2D eigenvalue weighted by Gasteiger charge is -2.06. The van der Waals surface area contributed by atoms with Crippen LogP contribution in [0.5, 0.6) is 0 Å². The first kappa shape index (κ1) is 11.0. The van der Waals surface area contributed by atoms with Gasteiger partial charge in [-0.1, -0.05) is 30.7 Å². The molecule has 4 heteroatoms. The van der Waals surface area contributed by atoms with E-state index in [1.807, 2.05) is 19.1 Å². The number of nitrogens with zero attached hydrogens (tertiary/aromatic N) is 1. The minimum absolute atomic E-state index is 0.228. The van der Waals surface area contributed by atoms with Crippen molar-refractivity contribution < 1.29 is 4.92 Å². The Morgan fingerprint density at radius 1 is 1.43 bits per heavy atom. The summed E-state index contributed by atoms with van der Waals surface area (Å²) < 4.78 is 0. The Morgan fingerprint density at radius 2 is 2.00 bits per heavy atom. The van der Waals surface area contributed by atoms with Gasteiger partial charge in [0.15, 0.2) is 0 Å². The van der Waals surface area contributed by atoms with Gasteiger partial charge in [0.2, 0.25) is 6.04 Å². The van der Waals surface area contributed by atoms with Crippen LogP contribution in [0.15, 0.2) is 24.3 Å². The molecule has 0 aliphatic heterocycles. The summed E-state index contributed by atoms with van der Waals surface area (Å²) in [5, 5.41) is 11.2. The molecule has 0 heterocycles. The SMILES string of the molecule is CCC(Cc1ccc(Cl)cc1)[N+](=O)[O-]. The van der Waals surface area contributed by atoms with Gasteiger partial charge >= 0.3 is 0 Å². The molecule has 0 radical (unpaired) electrons. The normalized spacial score (nSPS) is 12.4. The second kappa shape index (κ2) is 4.96. The Hall–Kier alpha value is -1.09. The first-order chi connectivity index (χ1) is 6.63. The fourth-order valence-electron chi connectivity index (χ4n) is 1.26. The van der Waals surface area contributed by atoms with Crippen molar-refractivity contribution in [1.29, 1.82) is 0 Å². The maximum atomic E-state index is 10.6. The second-order valence-corrected chi connectivity index (χ2v) is 3.61. The van der Waals surface area contributed by atoms with E-state index in [0.29, 0.717) is 17.9 Å². The zero-order valence-electron chi connectivity index (χ0n) is 7.94. The van der Waals surface area contributed by atoms with E-state index in [1.165, 1.54) is 0 Å². The van der Waals surface area contributed by atoms with Crippen molar-refractivity contribution in [1.82, 2.24) is 0 Å². The first-order valence-electron chi connectivity index (χ1n) is 4.51. The van der Waals surface area contributed by atoms with Crippen LogP contribution in [0, 0.1) is 10.1 Å². The van der Waals surface area contributed by atoms with Crippen LogP contribution in [0.25, 0.3) is 0 Å². The molecule has 1 rings (SSSR count). The number of hydrogen-bond donors (Lipinski definition) is 0. The van der Waals surface area contributed by atoms with E-state index in [9.17, 15) is 10.1 Å². The molecular formula is C10H12ClNO2. The third-order valence-electron chi connectivity index (χ3n) is 2.15. The molecule has 0 aliphatic carbocycles. The molecule has 1 unspecified atom stereocenters. The van der Waals surface area contributed by atoms with E-state index in [1.54, 1.807) is 12.1 Å². The minimum atomic E-state index is -0.490. The molecule has 0 bridgehead atoms. The molecule has 0 spiro atoms. The van der Waals surface area contributed by atoms with Crippen LogP contribution >= 0.6 is 11.6 Å². The number of benzene rings is 1. The molecule has 1 atom stereocenters. The number of halogens is 1. The molecule has 76 valence electrons. The summed E-state index contributed by atoms with van der Waals surface area (Å²) in [6, 6.07) is 6.67. The first-order valence-corrected chi connectivity index (χ1v) is 4.89. The summed E-state index contributed by atoms with van der Waals surface area (Å²) in [5.74, 6) is 0. The Bertz CT molecular complexity index is 310. The van der Waals surface area contributed by atoms with E-state index < -0.39 is 6.04 Å². The van der Waals surface area contributed by atoms with Crippen molar-refractivity contribution in [3.63, 3.8) is 0 Å². The van der Waals surface area contributed by atoms with Gasteiger partial charge in [-0.2, -0.15) is 0 Å². The second-order valence-electron chi connectivity index (χ2n) is 3.18. The molecule has 0 fully saturated rings. The summed E-state index contributed by atoms with van der Waals surface area (Å²) in [5.41, 5.74) is 0.956. The molecule has 3 nitrogen and oxygen atoms in total. The van der Waals surface area contributed by atoms with Gasteiger partial charge in [0, 0.05) is 22.8 Å². The van der Waals surface area contributed by atoms with Gasteiger partial charge in [-0.15, -0.1) is 0 Å². The fraction of sp³-hybridized carbons (Fsp3) is 0.400. The van der Waals surface area contributed by atoms with Crippen LogP contribution in [-0.4, -0.2) is 11.0 Å². The highest BCUT2D eigenvalue weighted by Crippen LogP contribution is 2.13. The van der Waals surface area contributed by atoms with Crippen LogP contribution in [0.3, 0.4) is 0 Å². The van der Waals surface area contributed by atoms with E-state index in [-0.39, 0.29) is 4.92 Å². The van der Waals surface area contributed by atoms with Gasteiger partial charge in [-0.3, -0.25) is 10.1 Å². The number of hydrogen-bond acceptors (Lipinski definition) is 2. The van der Waals surface area contributed by atoms with Crippen LogP contribution in [0.1, 0.15) is 18.9 Å². The Labute approximate surface area is 87.8 Å². The van der Waals surface area contributed by atoms with Gasteiger partial charge in [0.05, 0.1) is 0 Å². The van der Waals surface area contributed by atoms with E-state index in [0.717, 1.165) is 5.56 Å². The lowest BCUT2D eigenvalue weighted by atomic mass is 10.0. The summed E-state index contributed by atoms with van der Waals surface area (Å²) >= 11 is 5.71. The lowest BCUT2D eigenvalue weighted by molar-refractivity contribution is -0.522. The fourth-order valence-corrected chi connectivity index (χ4v) is 1.39. The van der Waals surface area contributed by atoms with Crippen molar-refractivity contribution >= 4 is 11.6 Å². The summed E-state index contributed by atoms with van der Waals surface area (Å²) in [4.78, 5) is 10.4. The molecule has 0 aromatic heterocycles. The molecule has 14 heavy (non-hydrogen) atoms. The monoisotopic (exact) mass is 213 g/mol. The standard InChI is InChI=1S/C10H12ClNO2/c1-2-10(12(13)14)7-8-3-5-9(11)6-4-8/h3-6,10H,2,7H2,1H3. The summed E-state index contributed by atoms with van der Waals surface area (Å²) in [6.45, 7) is 1.82. The summed E-state index contributed by atoms with van der Waals surface area (Å²) in [7, 11) is 0. The van der Waals surface area contributed by atoms with Crippen molar-refractivity contribution in [3.05, 3.63) is 45.0 Å². The van der Waals surface area contributed by atoms with Crippen molar-refractivity contribution in [3.8, 4) is 0 Å². The predicted molar refractivity (Wildman–Crippen MR) is 56.2 cm³/mol. The van der Waals surface area contributed by atoms with Gasteiger partial charge in [0.1, 0.15) is 0 Å². The van der Waals surface area contributed by atoms with E-state index >= 15 is 0 Å². The number of nitro groups is 1. The molecule has 0 N–H and O–H groups in total. The van der Waals surface area contributed by atoms with Crippen LogP contribution in [-0.2, 0) is 6.42 Å². The molecule has 0 aliphatic rings. The topological polar surface area (TPSA) is 43.1 Å². The highest BCUT2D eigenvalue weighted by Gasteiger charge is 2.17. The molecule has 0 amide bonds. The predicted octanol–water partition coefficient (Wildman–Crippen LogP) is 2.94. The highest BCUT2D eigenvalue weighted by molar-refractivity contribution is 6.30. The van der Waals surface area contributed by atoms with E-state index in [4.69, 9.17) is 11.6 Å². The maximum absolute atomic E-state index is 10.6.